The van der Waals surface area contributed by atoms with Crippen LogP contribution in [-0.2, 0) is 5.75 Å². The van der Waals surface area contributed by atoms with Gasteiger partial charge in [0.15, 0.2) is 0 Å². The minimum absolute atomic E-state index is 0.446. The number of nitrogens with zero attached hydrogens (tertiary/aromatic N) is 2. The SMILES string of the molecule is CSCc1nnc(SCC(O)c2cccc(Cl)c2)o1. The fraction of sp³-hybridized carbons (Fsp3) is 0.333. The molecule has 0 saturated heterocycles. The van der Waals surface area contributed by atoms with E-state index in [2.05, 4.69) is 10.2 Å². The van der Waals surface area contributed by atoms with Gasteiger partial charge in [-0.15, -0.1) is 10.2 Å². The van der Waals surface area contributed by atoms with Crippen molar-refractivity contribution in [1.82, 2.24) is 10.2 Å². The molecule has 0 aliphatic carbocycles. The summed E-state index contributed by atoms with van der Waals surface area (Å²) < 4.78 is 5.42. The van der Waals surface area contributed by atoms with E-state index in [0.29, 0.717) is 27.6 Å². The Morgan fingerprint density at radius 1 is 1.42 bits per heavy atom. The smallest absolute Gasteiger partial charge is 0.276 e. The van der Waals surface area contributed by atoms with Gasteiger partial charge in [-0.2, -0.15) is 11.8 Å². The topological polar surface area (TPSA) is 59.2 Å². The molecule has 102 valence electrons. The van der Waals surface area contributed by atoms with Crippen LogP contribution in [0.1, 0.15) is 17.6 Å². The quantitative estimate of drug-likeness (QED) is 0.824. The van der Waals surface area contributed by atoms with Crippen LogP contribution in [0, 0.1) is 0 Å². The highest BCUT2D eigenvalue weighted by Crippen LogP contribution is 2.25. The van der Waals surface area contributed by atoms with E-state index in [4.69, 9.17) is 16.0 Å². The average Bonchev–Trinajstić information content (AvgIpc) is 2.84. The van der Waals surface area contributed by atoms with Crippen molar-refractivity contribution in [3.05, 3.63) is 40.7 Å². The van der Waals surface area contributed by atoms with E-state index >= 15 is 0 Å². The van der Waals surface area contributed by atoms with Crippen LogP contribution in [0.4, 0.5) is 0 Å². The summed E-state index contributed by atoms with van der Waals surface area (Å²) in [5, 5.41) is 19.0. The van der Waals surface area contributed by atoms with Crippen LogP contribution in [0.15, 0.2) is 33.9 Å². The van der Waals surface area contributed by atoms with E-state index in [1.165, 1.54) is 11.8 Å². The molecule has 1 atom stereocenters. The zero-order chi connectivity index (χ0) is 13.7. The highest BCUT2D eigenvalue weighted by Gasteiger charge is 2.12. The second kappa shape index (κ2) is 7.19. The Morgan fingerprint density at radius 2 is 2.26 bits per heavy atom. The molecule has 2 rings (SSSR count). The molecule has 0 aliphatic rings. The molecule has 0 radical (unpaired) electrons. The standard InChI is InChI=1S/C12H13ClN2O2S2/c1-18-7-11-14-15-12(17-11)19-6-10(16)8-3-2-4-9(13)5-8/h2-5,10,16H,6-7H2,1H3. The third kappa shape index (κ3) is 4.42. The van der Waals surface area contributed by atoms with Gasteiger partial charge < -0.3 is 9.52 Å². The molecular weight excluding hydrogens is 304 g/mol. The lowest BCUT2D eigenvalue weighted by atomic mass is 10.1. The van der Waals surface area contributed by atoms with Crippen molar-refractivity contribution in [3.63, 3.8) is 0 Å². The number of thioether (sulfide) groups is 2. The van der Waals surface area contributed by atoms with Crippen LogP contribution in [0.5, 0.6) is 0 Å². The minimum atomic E-state index is -0.611. The molecule has 1 aromatic carbocycles. The lowest BCUT2D eigenvalue weighted by Gasteiger charge is -2.09. The van der Waals surface area contributed by atoms with Crippen molar-refractivity contribution in [2.45, 2.75) is 17.1 Å². The number of benzene rings is 1. The summed E-state index contributed by atoms with van der Waals surface area (Å²) in [4.78, 5) is 0. The van der Waals surface area contributed by atoms with Crippen molar-refractivity contribution in [2.24, 2.45) is 0 Å². The molecular formula is C12H13ClN2O2S2. The fourth-order valence-corrected chi connectivity index (χ4v) is 2.75. The molecule has 1 unspecified atom stereocenters. The maximum atomic E-state index is 10.0. The van der Waals surface area contributed by atoms with E-state index < -0.39 is 6.10 Å². The number of aromatic nitrogens is 2. The third-order valence-electron chi connectivity index (χ3n) is 2.31. The predicted molar refractivity (Wildman–Crippen MR) is 78.7 cm³/mol. The van der Waals surface area contributed by atoms with Gasteiger partial charge in [0, 0.05) is 10.8 Å². The molecule has 4 nitrogen and oxygen atoms in total. The van der Waals surface area contributed by atoms with E-state index in [1.807, 2.05) is 18.4 Å². The van der Waals surface area contributed by atoms with Crippen molar-refractivity contribution in [1.29, 1.82) is 0 Å². The van der Waals surface area contributed by atoms with Gasteiger partial charge in [0.05, 0.1) is 11.9 Å². The fourth-order valence-electron chi connectivity index (χ4n) is 1.44. The molecule has 0 aliphatic heterocycles. The first-order chi connectivity index (χ1) is 9.19. The van der Waals surface area contributed by atoms with Crippen LogP contribution >= 0.6 is 35.1 Å². The first-order valence-electron chi connectivity index (χ1n) is 5.56. The summed E-state index contributed by atoms with van der Waals surface area (Å²) in [6.07, 6.45) is 1.36. The summed E-state index contributed by atoms with van der Waals surface area (Å²) in [6, 6.07) is 7.18. The molecule has 1 heterocycles. The van der Waals surface area contributed by atoms with Crippen LogP contribution < -0.4 is 0 Å². The van der Waals surface area contributed by atoms with E-state index in [-0.39, 0.29) is 0 Å². The average molecular weight is 317 g/mol. The van der Waals surface area contributed by atoms with Crippen molar-refractivity contribution >= 4 is 35.1 Å². The van der Waals surface area contributed by atoms with Crippen LogP contribution in [0.2, 0.25) is 5.02 Å². The maximum absolute atomic E-state index is 10.0. The lowest BCUT2D eigenvalue weighted by molar-refractivity contribution is 0.203. The Kier molecular flexibility index (Phi) is 5.57. The Hall–Kier alpha value is -0.690. The maximum Gasteiger partial charge on any atom is 0.276 e. The largest absolute Gasteiger partial charge is 0.415 e. The Labute approximate surface area is 124 Å². The van der Waals surface area contributed by atoms with E-state index in [0.717, 1.165) is 5.56 Å². The van der Waals surface area contributed by atoms with Crippen LogP contribution in [0.3, 0.4) is 0 Å². The number of hydrogen-bond acceptors (Lipinski definition) is 6. The predicted octanol–water partition coefficient (Wildman–Crippen LogP) is 3.41. The molecule has 0 saturated carbocycles. The highest BCUT2D eigenvalue weighted by atomic mass is 35.5. The molecule has 0 spiro atoms. The van der Waals surface area contributed by atoms with Gasteiger partial charge in [-0.1, -0.05) is 35.5 Å². The van der Waals surface area contributed by atoms with Crippen LogP contribution in [0.25, 0.3) is 0 Å². The summed E-state index contributed by atoms with van der Waals surface area (Å²) >= 11 is 8.84. The molecule has 1 aromatic heterocycles. The number of aliphatic hydroxyl groups is 1. The van der Waals surface area contributed by atoms with Crippen molar-refractivity contribution in [2.75, 3.05) is 12.0 Å². The Bertz CT molecular complexity index is 536. The third-order valence-corrected chi connectivity index (χ3v) is 3.98. The zero-order valence-electron chi connectivity index (χ0n) is 10.2. The molecule has 2 aromatic rings. The van der Waals surface area contributed by atoms with Gasteiger partial charge in [0.1, 0.15) is 0 Å². The first kappa shape index (κ1) is 14.7. The highest BCUT2D eigenvalue weighted by molar-refractivity contribution is 7.99. The zero-order valence-corrected chi connectivity index (χ0v) is 12.6. The number of halogens is 1. The summed E-state index contributed by atoms with van der Waals surface area (Å²) in [5.74, 6) is 1.75. The summed E-state index contributed by atoms with van der Waals surface area (Å²) in [7, 11) is 0. The molecule has 1 N–H and O–H groups in total. The Balaban J connectivity index is 1.90. The van der Waals surface area contributed by atoms with Crippen molar-refractivity contribution < 1.29 is 9.52 Å². The molecule has 0 fully saturated rings. The van der Waals surface area contributed by atoms with Gasteiger partial charge >= 0.3 is 0 Å². The van der Waals surface area contributed by atoms with Crippen LogP contribution in [-0.4, -0.2) is 27.3 Å². The molecule has 19 heavy (non-hydrogen) atoms. The van der Waals surface area contributed by atoms with E-state index in [1.54, 1.807) is 23.9 Å². The van der Waals surface area contributed by atoms with Gasteiger partial charge in [0.2, 0.25) is 5.89 Å². The second-order valence-electron chi connectivity index (χ2n) is 3.78. The number of rotatable bonds is 6. The molecule has 7 heteroatoms. The second-order valence-corrected chi connectivity index (χ2v) is 6.05. The van der Waals surface area contributed by atoms with Gasteiger partial charge in [-0.05, 0) is 24.0 Å². The van der Waals surface area contributed by atoms with Crippen molar-refractivity contribution in [3.8, 4) is 0 Å². The van der Waals surface area contributed by atoms with Gasteiger partial charge in [-0.25, -0.2) is 0 Å². The molecule has 0 bridgehead atoms. The molecule has 0 amide bonds. The van der Waals surface area contributed by atoms with Gasteiger partial charge in [-0.3, -0.25) is 0 Å². The lowest BCUT2D eigenvalue weighted by Crippen LogP contribution is -2.00. The van der Waals surface area contributed by atoms with E-state index in [9.17, 15) is 5.11 Å². The Morgan fingerprint density at radius 3 is 3.00 bits per heavy atom. The minimum Gasteiger partial charge on any atom is -0.415 e. The van der Waals surface area contributed by atoms with Gasteiger partial charge in [0.25, 0.3) is 5.22 Å². The summed E-state index contributed by atoms with van der Waals surface area (Å²) in [6.45, 7) is 0. The number of hydrogen-bond donors (Lipinski definition) is 1. The summed E-state index contributed by atoms with van der Waals surface area (Å²) in [5.41, 5.74) is 0.781. The monoisotopic (exact) mass is 316 g/mol. The normalized spacial score (nSPS) is 12.6. The number of aliphatic hydroxyl groups excluding tert-OH is 1. The first-order valence-corrected chi connectivity index (χ1v) is 8.32.